The Morgan fingerprint density at radius 3 is 2.93 bits per heavy atom. The Balaban J connectivity index is 1.33. The van der Waals surface area contributed by atoms with Gasteiger partial charge in [-0.05, 0) is 56.1 Å². The molecule has 0 spiro atoms. The van der Waals surface area contributed by atoms with Gasteiger partial charge in [-0.3, -0.25) is 9.88 Å². The van der Waals surface area contributed by atoms with Gasteiger partial charge in [0.1, 0.15) is 5.82 Å². The van der Waals surface area contributed by atoms with E-state index in [0.717, 1.165) is 43.3 Å². The van der Waals surface area contributed by atoms with E-state index in [9.17, 15) is 0 Å². The molecule has 0 aromatic carbocycles. The largest absolute Gasteiger partial charge is 0.316 e. The number of likely N-dealkylation sites (tertiary alicyclic amines) is 1. The summed E-state index contributed by atoms with van der Waals surface area (Å²) in [5.41, 5.74) is 4.24. The Bertz CT molecular complexity index is 984. The predicted molar refractivity (Wildman–Crippen MR) is 111 cm³/mol. The highest BCUT2D eigenvalue weighted by Crippen LogP contribution is 2.31. The van der Waals surface area contributed by atoms with Crippen LogP contribution in [0.25, 0.3) is 0 Å². The van der Waals surface area contributed by atoms with E-state index in [2.05, 4.69) is 44.6 Å². The number of rotatable bonds is 5. The molecular formula is C21H22N6S. The Morgan fingerprint density at radius 1 is 1.29 bits per heavy atom. The van der Waals surface area contributed by atoms with E-state index in [4.69, 9.17) is 10.2 Å². The highest BCUT2D eigenvalue weighted by molar-refractivity contribution is 7.13. The van der Waals surface area contributed by atoms with Crippen LogP contribution in [0.4, 0.5) is 10.9 Å². The number of aromatic nitrogens is 3. The summed E-state index contributed by atoms with van der Waals surface area (Å²) in [4.78, 5) is 15.8. The van der Waals surface area contributed by atoms with Crippen LogP contribution in [-0.4, -0.2) is 32.9 Å². The fourth-order valence-corrected chi connectivity index (χ4v) is 4.36. The SMILES string of the molecule is Cc1cncc(CN2CCC(c3csc(Nc4cc(C#N)ccn4)n3)CC2)c1. The molecule has 4 heterocycles. The van der Waals surface area contributed by atoms with Gasteiger partial charge < -0.3 is 5.32 Å². The van der Waals surface area contributed by atoms with Crippen molar-refractivity contribution in [3.63, 3.8) is 0 Å². The molecular weight excluding hydrogens is 368 g/mol. The normalized spacial score (nSPS) is 15.3. The van der Waals surface area contributed by atoms with Gasteiger partial charge in [-0.25, -0.2) is 9.97 Å². The zero-order valence-electron chi connectivity index (χ0n) is 15.8. The summed E-state index contributed by atoms with van der Waals surface area (Å²) in [5, 5.41) is 15.2. The number of anilines is 2. The second kappa shape index (κ2) is 8.46. The van der Waals surface area contributed by atoms with Gasteiger partial charge >= 0.3 is 0 Å². The number of hydrogen-bond donors (Lipinski definition) is 1. The molecule has 1 saturated heterocycles. The second-order valence-corrected chi connectivity index (χ2v) is 8.02. The maximum absolute atomic E-state index is 9.00. The van der Waals surface area contributed by atoms with E-state index in [1.54, 1.807) is 29.7 Å². The Hall–Kier alpha value is -2.82. The average molecular weight is 391 g/mol. The molecule has 3 aromatic rings. The van der Waals surface area contributed by atoms with Crippen LogP contribution in [0.5, 0.6) is 0 Å². The average Bonchev–Trinajstić information content (AvgIpc) is 3.17. The van der Waals surface area contributed by atoms with Crippen LogP contribution in [0.1, 0.15) is 41.1 Å². The molecule has 1 aliphatic rings. The van der Waals surface area contributed by atoms with Crippen molar-refractivity contribution in [1.82, 2.24) is 19.9 Å². The molecule has 0 aliphatic carbocycles. The number of hydrogen-bond acceptors (Lipinski definition) is 7. The van der Waals surface area contributed by atoms with E-state index >= 15 is 0 Å². The number of nitrogens with zero attached hydrogens (tertiary/aromatic N) is 5. The lowest BCUT2D eigenvalue weighted by Gasteiger charge is -2.31. The fraction of sp³-hybridized carbons (Fsp3) is 0.333. The van der Waals surface area contributed by atoms with Crippen molar-refractivity contribution in [2.45, 2.75) is 32.2 Å². The third kappa shape index (κ3) is 4.53. The molecule has 1 fully saturated rings. The molecule has 0 unspecified atom stereocenters. The van der Waals surface area contributed by atoms with E-state index in [1.807, 2.05) is 12.4 Å². The molecule has 0 amide bonds. The van der Waals surface area contributed by atoms with Gasteiger partial charge in [0.05, 0.1) is 17.3 Å². The van der Waals surface area contributed by atoms with Crippen molar-refractivity contribution >= 4 is 22.3 Å². The number of pyridine rings is 2. The topological polar surface area (TPSA) is 77.7 Å². The van der Waals surface area contributed by atoms with Gasteiger partial charge in [-0.1, -0.05) is 6.07 Å². The van der Waals surface area contributed by atoms with E-state index in [-0.39, 0.29) is 0 Å². The number of piperidine rings is 1. The summed E-state index contributed by atoms with van der Waals surface area (Å²) >= 11 is 1.59. The van der Waals surface area contributed by atoms with Gasteiger partial charge in [0.25, 0.3) is 0 Å². The first kappa shape index (κ1) is 18.5. The summed E-state index contributed by atoms with van der Waals surface area (Å²) in [6.45, 7) is 5.20. The quantitative estimate of drug-likeness (QED) is 0.702. The molecule has 142 valence electrons. The lowest BCUT2D eigenvalue weighted by atomic mass is 9.94. The van der Waals surface area contributed by atoms with Crippen LogP contribution in [0, 0.1) is 18.3 Å². The minimum Gasteiger partial charge on any atom is -0.316 e. The molecule has 3 aromatic heterocycles. The van der Waals surface area contributed by atoms with E-state index < -0.39 is 0 Å². The summed E-state index contributed by atoms with van der Waals surface area (Å²) < 4.78 is 0. The van der Waals surface area contributed by atoms with Crippen molar-refractivity contribution in [1.29, 1.82) is 5.26 Å². The Morgan fingerprint density at radius 2 is 2.14 bits per heavy atom. The van der Waals surface area contributed by atoms with Crippen molar-refractivity contribution in [2.24, 2.45) is 0 Å². The zero-order chi connectivity index (χ0) is 19.3. The first-order valence-electron chi connectivity index (χ1n) is 9.41. The van der Waals surface area contributed by atoms with Crippen LogP contribution < -0.4 is 5.32 Å². The molecule has 6 nitrogen and oxygen atoms in total. The van der Waals surface area contributed by atoms with Crippen LogP contribution in [0.15, 0.2) is 42.2 Å². The number of aryl methyl sites for hydroxylation is 1. The lowest BCUT2D eigenvalue weighted by molar-refractivity contribution is 0.203. The van der Waals surface area contributed by atoms with E-state index in [0.29, 0.717) is 17.3 Å². The van der Waals surface area contributed by atoms with Crippen molar-refractivity contribution < 1.29 is 0 Å². The third-order valence-electron chi connectivity index (χ3n) is 4.99. The molecule has 0 radical (unpaired) electrons. The van der Waals surface area contributed by atoms with Crippen LogP contribution in [0.2, 0.25) is 0 Å². The van der Waals surface area contributed by atoms with Crippen molar-refractivity contribution in [3.05, 3.63) is 64.6 Å². The molecule has 28 heavy (non-hydrogen) atoms. The highest BCUT2D eigenvalue weighted by atomic mass is 32.1. The molecule has 0 bridgehead atoms. The summed E-state index contributed by atoms with van der Waals surface area (Å²) in [6, 6.07) is 7.77. The fourth-order valence-electron chi connectivity index (χ4n) is 3.56. The van der Waals surface area contributed by atoms with Crippen molar-refractivity contribution in [2.75, 3.05) is 18.4 Å². The molecule has 4 rings (SSSR count). The maximum Gasteiger partial charge on any atom is 0.188 e. The smallest absolute Gasteiger partial charge is 0.188 e. The molecule has 1 aliphatic heterocycles. The maximum atomic E-state index is 9.00. The minimum atomic E-state index is 0.497. The molecule has 0 saturated carbocycles. The first-order valence-corrected chi connectivity index (χ1v) is 10.3. The van der Waals surface area contributed by atoms with Crippen LogP contribution in [-0.2, 0) is 6.54 Å². The first-order chi connectivity index (χ1) is 13.7. The minimum absolute atomic E-state index is 0.497. The number of nitrogens with one attached hydrogen (secondary N) is 1. The molecule has 7 heteroatoms. The lowest BCUT2D eigenvalue weighted by Crippen LogP contribution is -2.32. The highest BCUT2D eigenvalue weighted by Gasteiger charge is 2.23. The monoisotopic (exact) mass is 390 g/mol. The predicted octanol–water partition coefficient (Wildman–Crippen LogP) is 4.24. The molecule has 0 atom stereocenters. The van der Waals surface area contributed by atoms with Gasteiger partial charge in [-0.2, -0.15) is 5.26 Å². The van der Waals surface area contributed by atoms with E-state index in [1.165, 1.54) is 11.1 Å². The number of thiazole rings is 1. The number of nitriles is 1. The van der Waals surface area contributed by atoms with Crippen LogP contribution >= 0.6 is 11.3 Å². The van der Waals surface area contributed by atoms with Gasteiger partial charge in [-0.15, -0.1) is 11.3 Å². The summed E-state index contributed by atoms with van der Waals surface area (Å²) in [7, 11) is 0. The van der Waals surface area contributed by atoms with Gasteiger partial charge in [0.2, 0.25) is 0 Å². The standard InChI is InChI=1S/C21H22N6S/c1-15-8-17(12-23-11-15)13-27-6-3-18(4-7-27)19-14-28-21(25-19)26-20-9-16(10-22)2-5-24-20/h2,5,8-9,11-12,14,18H,3-4,6-7,13H2,1H3,(H,24,25,26). The van der Waals surface area contributed by atoms with Gasteiger partial charge in [0, 0.05) is 36.4 Å². The van der Waals surface area contributed by atoms with Crippen molar-refractivity contribution in [3.8, 4) is 6.07 Å². The molecule has 1 N–H and O–H groups in total. The van der Waals surface area contributed by atoms with Crippen LogP contribution in [0.3, 0.4) is 0 Å². The Labute approximate surface area is 168 Å². The van der Waals surface area contributed by atoms with Gasteiger partial charge in [0.15, 0.2) is 5.13 Å². The third-order valence-corrected chi connectivity index (χ3v) is 5.77. The zero-order valence-corrected chi connectivity index (χ0v) is 16.6. The summed E-state index contributed by atoms with van der Waals surface area (Å²) in [5.74, 6) is 1.15. The second-order valence-electron chi connectivity index (χ2n) is 7.17. The Kier molecular flexibility index (Phi) is 5.60. The summed E-state index contributed by atoms with van der Waals surface area (Å²) in [6.07, 6.45) is 7.73.